The van der Waals surface area contributed by atoms with Gasteiger partial charge in [0.15, 0.2) is 5.16 Å². The molecule has 0 saturated carbocycles. The summed E-state index contributed by atoms with van der Waals surface area (Å²) in [6.45, 7) is 0.00102. The highest BCUT2D eigenvalue weighted by Crippen LogP contribution is 2.26. The number of nitrogens with zero attached hydrogens (tertiary/aromatic N) is 2. The van der Waals surface area contributed by atoms with Crippen molar-refractivity contribution >= 4 is 28.7 Å². The molecule has 0 aliphatic heterocycles. The Labute approximate surface area is 110 Å². The summed E-state index contributed by atoms with van der Waals surface area (Å²) in [5, 5.41) is 10.5. The topological polar surface area (TPSA) is 55.2 Å². The third-order valence-corrected chi connectivity index (χ3v) is 3.06. The number of fused-ring (bicyclic) bond motifs is 1. The van der Waals surface area contributed by atoms with Crippen LogP contribution in [-0.4, -0.2) is 35.0 Å². The van der Waals surface area contributed by atoms with Gasteiger partial charge in [0.05, 0.1) is 19.2 Å². The van der Waals surface area contributed by atoms with Gasteiger partial charge in [-0.25, -0.2) is 9.97 Å². The third kappa shape index (κ3) is 2.63. The van der Waals surface area contributed by atoms with E-state index >= 15 is 0 Å². The number of benzene rings is 1. The van der Waals surface area contributed by atoms with Crippen LogP contribution in [0.1, 0.15) is 5.56 Å². The summed E-state index contributed by atoms with van der Waals surface area (Å²) >= 11 is 1.51. The van der Waals surface area contributed by atoms with E-state index in [1.54, 1.807) is 19.4 Å². The Kier molecular flexibility index (Phi) is 4.17. The minimum atomic E-state index is 0.00102. The summed E-state index contributed by atoms with van der Waals surface area (Å²) in [4.78, 5) is 8.67. The van der Waals surface area contributed by atoms with Crippen LogP contribution in [-0.2, 0) is 0 Å². The lowest BCUT2D eigenvalue weighted by atomic mass is 10.1. The number of thioether (sulfide) groups is 1. The maximum absolute atomic E-state index is 8.83. The van der Waals surface area contributed by atoms with Gasteiger partial charge in [-0.3, -0.25) is 0 Å². The van der Waals surface area contributed by atoms with Crippen molar-refractivity contribution in [3.63, 3.8) is 0 Å². The van der Waals surface area contributed by atoms with Crippen LogP contribution in [0.5, 0.6) is 5.75 Å². The lowest BCUT2D eigenvalue weighted by Crippen LogP contribution is -1.92. The van der Waals surface area contributed by atoms with Gasteiger partial charge in [-0.15, -0.1) is 0 Å². The first-order valence-electron chi connectivity index (χ1n) is 5.44. The van der Waals surface area contributed by atoms with Crippen molar-refractivity contribution in [3.05, 3.63) is 30.0 Å². The predicted octanol–water partition coefficient (Wildman–Crippen LogP) is 2.37. The largest absolute Gasteiger partial charge is 0.496 e. The van der Waals surface area contributed by atoms with Gasteiger partial charge < -0.3 is 9.84 Å². The van der Waals surface area contributed by atoms with Gasteiger partial charge in [-0.05, 0) is 18.4 Å². The SMILES string of the molecule is COc1cc2cnc(SC)nc2cc1C=CCO. The highest BCUT2D eigenvalue weighted by molar-refractivity contribution is 7.98. The Bertz CT molecular complexity index is 584. The fourth-order valence-corrected chi connectivity index (χ4v) is 1.99. The van der Waals surface area contributed by atoms with Crippen LogP contribution in [0, 0.1) is 0 Å². The van der Waals surface area contributed by atoms with Gasteiger partial charge in [-0.2, -0.15) is 0 Å². The Hall–Kier alpha value is -1.59. The second-order valence-corrected chi connectivity index (χ2v) is 4.37. The summed E-state index contributed by atoms with van der Waals surface area (Å²) in [7, 11) is 1.62. The maximum Gasteiger partial charge on any atom is 0.187 e. The molecule has 0 aliphatic rings. The molecule has 1 aromatic carbocycles. The van der Waals surface area contributed by atoms with Gasteiger partial charge in [0.25, 0.3) is 0 Å². The lowest BCUT2D eigenvalue weighted by Gasteiger charge is -2.07. The summed E-state index contributed by atoms with van der Waals surface area (Å²) < 4.78 is 5.31. The molecule has 18 heavy (non-hydrogen) atoms. The zero-order valence-corrected chi connectivity index (χ0v) is 11.1. The van der Waals surface area contributed by atoms with Gasteiger partial charge in [0.1, 0.15) is 5.75 Å². The summed E-state index contributed by atoms with van der Waals surface area (Å²) in [5.41, 5.74) is 1.76. The first-order valence-corrected chi connectivity index (χ1v) is 6.67. The molecule has 2 aromatic rings. The third-order valence-electron chi connectivity index (χ3n) is 2.49. The normalized spacial score (nSPS) is 11.3. The minimum absolute atomic E-state index is 0.00102. The molecule has 0 spiro atoms. The van der Waals surface area contributed by atoms with E-state index in [0.717, 1.165) is 27.4 Å². The Morgan fingerprint density at radius 1 is 1.44 bits per heavy atom. The van der Waals surface area contributed by atoms with E-state index in [0.29, 0.717) is 0 Å². The van der Waals surface area contributed by atoms with Crippen LogP contribution in [0.25, 0.3) is 17.0 Å². The number of aromatic nitrogens is 2. The standard InChI is InChI=1S/C13H14N2O2S/c1-17-12-7-10-8-14-13(18-2)15-11(10)6-9(12)4-3-5-16/h3-4,6-8,16H,5H2,1-2H3. The molecular weight excluding hydrogens is 248 g/mol. The number of aliphatic hydroxyl groups excluding tert-OH is 1. The van der Waals surface area contributed by atoms with Crippen LogP contribution in [0.4, 0.5) is 0 Å². The molecule has 0 unspecified atom stereocenters. The van der Waals surface area contributed by atoms with E-state index in [-0.39, 0.29) is 6.61 Å². The number of methoxy groups -OCH3 is 1. The van der Waals surface area contributed by atoms with Crippen molar-refractivity contribution in [2.24, 2.45) is 0 Å². The van der Waals surface area contributed by atoms with E-state index in [9.17, 15) is 0 Å². The van der Waals surface area contributed by atoms with Crippen LogP contribution in [0.15, 0.2) is 29.6 Å². The first kappa shape index (κ1) is 12.9. The molecule has 1 aromatic heterocycles. The van der Waals surface area contributed by atoms with Gasteiger partial charge >= 0.3 is 0 Å². The van der Waals surface area contributed by atoms with Crippen molar-refractivity contribution in [2.45, 2.75) is 5.16 Å². The smallest absolute Gasteiger partial charge is 0.187 e. The Morgan fingerprint density at radius 2 is 2.28 bits per heavy atom. The molecule has 0 aliphatic carbocycles. The molecule has 94 valence electrons. The predicted molar refractivity (Wildman–Crippen MR) is 74.0 cm³/mol. The molecule has 1 heterocycles. The summed E-state index contributed by atoms with van der Waals surface area (Å²) in [5.74, 6) is 0.743. The van der Waals surface area contributed by atoms with E-state index in [4.69, 9.17) is 9.84 Å². The van der Waals surface area contributed by atoms with E-state index < -0.39 is 0 Å². The molecule has 0 bridgehead atoms. The first-order chi connectivity index (χ1) is 8.78. The van der Waals surface area contributed by atoms with Crippen molar-refractivity contribution in [1.29, 1.82) is 0 Å². The molecular formula is C13H14N2O2S. The number of hydrogen-bond donors (Lipinski definition) is 1. The van der Waals surface area contributed by atoms with Gasteiger partial charge in [-0.1, -0.05) is 23.9 Å². The molecule has 0 radical (unpaired) electrons. The summed E-state index contributed by atoms with van der Waals surface area (Å²) in [6, 6.07) is 3.83. The fourth-order valence-electron chi connectivity index (χ4n) is 1.64. The van der Waals surface area contributed by atoms with Crippen molar-refractivity contribution < 1.29 is 9.84 Å². The maximum atomic E-state index is 8.83. The van der Waals surface area contributed by atoms with E-state index in [2.05, 4.69) is 9.97 Å². The molecule has 0 atom stereocenters. The number of hydrogen-bond acceptors (Lipinski definition) is 5. The molecule has 2 rings (SSSR count). The quantitative estimate of drug-likeness (QED) is 0.677. The zero-order valence-electron chi connectivity index (χ0n) is 10.3. The minimum Gasteiger partial charge on any atom is -0.496 e. The molecule has 4 nitrogen and oxygen atoms in total. The van der Waals surface area contributed by atoms with E-state index in [1.807, 2.05) is 24.5 Å². The highest BCUT2D eigenvalue weighted by atomic mass is 32.2. The average molecular weight is 262 g/mol. The second-order valence-electron chi connectivity index (χ2n) is 3.59. The monoisotopic (exact) mass is 262 g/mol. The Balaban J connectivity index is 2.58. The highest BCUT2D eigenvalue weighted by Gasteiger charge is 2.05. The zero-order chi connectivity index (χ0) is 13.0. The van der Waals surface area contributed by atoms with Crippen molar-refractivity contribution in [3.8, 4) is 5.75 Å². The molecule has 1 N–H and O–H groups in total. The van der Waals surface area contributed by atoms with Gasteiger partial charge in [0.2, 0.25) is 0 Å². The van der Waals surface area contributed by atoms with Crippen molar-refractivity contribution in [1.82, 2.24) is 9.97 Å². The number of rotatable bonds is 4. The van der Waals surface area contributed by atoms with Crippen LogP contribution in [0.2, 0.25) is 0 Å². The molecule has 0 saturated heterocycles. The van der Waals surface area contributed by atoms with Crippen LogP contribution in [0.3, 0.4) is 0 Å². The summed E-state index contributed by atoms with van der Waals surface area (Å²) in [6.07, 6.45) is 7.22. The van der Waals surface area contributed by atoms with Gasteiger partial charge in [0, 0.05) is 17.1 Å². The van der Waals surface area contributed by atoms with E-state index in [1.165, 1.54) is 11.8 Å². The average Bonchev–Trinajstić information content (AvgIpc) is 2.43. The fraction of sp³-hybridized carbons (Fsp3) is 0.231. The lowest BCUT2D eigenvalue weighted by molar-refractivity contribution is 0.343. The van der Waals surface area contributed by atoms with Crippen LogP contribution < -0.4 is 4.74 Å². The van der Waals surface area contributed by atoms with Crippen molar-refractivity contribution in [2.75, 3.05) is 20.0 Å². The molecule has 0 amide bonds. The molecule has 0 fully saturated rings. The number of aliphatic hydroxyl groups is 1. The Morgan fingerprint density at radius 3 is 2.94 bits per heavy atom. The number of ether oxygens (including phenoxy) is 1. The molecule has 5 heteroatoms. The van der Waals surface area contributed by atoms with Crippen LogP contribution >= 0.6 is 11.8 Å². The second kappa shape index (κ2) is 5.84.